The fourth-order valence-corrected chi connectivity index (χ4v) is 3.30. The van der Waals surface area contributed by atoms with Crippen molar-refractivity contribution >= 4 is 38.8 Å². The van der Waals surface area contributed by atoms with E-state index in [4.69, 9.17) is 0 Å². The van der Waals surface area contributed by atoms with Gasteiger partial charge in [0.25, 0.3) is 11.5 Å². The highest BCUT2D eigenvalue weighted by Crippen LogP contribution is 2.14. The summed E-state index contributed by atoms with van der Waals surface area (Å²) in [6.45, 7) is 0.271. The van der Waals surface area contributed by atoms with Gasteiger partial charge in [-0.05, 0) is 29.3 Å². The minimum atomic E-state index is -0.485. The van der Waals surface area contributed by atoms with E-state index >= 15 is 0 Å². The number of benzene rings is 3. The van der Waals surface area contributed by atoms with Gasteiger partial charge in [0.15, 0.2) is 5.69 Å². The Morgan fingerprint density at radius 2 is 1.63 bits per heavy atom. The molecule has 148 valence electrons. The molecule has 30 heavy (non-hydrogen) atoms. The molecule has 1 amide bonds. The number of fused-ring (bicyclic) bond motifs is 1. The van der Waals surface area contributed by atoms with E-state index in [1.165, 1.54) is 4.68 Å². The molecule has 6 nitrogen and oxygen atoms in total. The summed E-state index contributed by atoms with van der Waals surface area (Å²) >= 11 is 3.38. The summed E-state index contributed by atoms with van der Waals surface area (Å²) in [6.07, 6.45) is 1.55. The molecule has 0 bridgehead atoms. The van der Waals surface area contributed by atoms with E-state index in [1.54, 1.807) is 30.5 Å². The normalized spacial score (nSPS) is 11.1. The van der Waals surface area contributed by atoms with E-state index in [0.717, 1.165) is 15.6 Å². The molecule has 0 atom stereocenters. The first kappa shape index (κ1) is 19.7. The highest BCUT2D eigenvalue weighted by atomic mass is 79.9. The molecule has 0 saturated heterocycles. The molecule has 4 rings (SSSR count). The summed E-state index contributed by atoms with van der Waals surface area (Å²) < 4.78 is 2.27. The Hall–Kier alpha value is -3.58. The highest BCUT2D eigenvalue weighted by Gasteiger charge is 2.16. The van der Waals surface area contributed by atoms with Crippen LogP contribution in [-0.2, 0) is 6.54 Å². The predicted octanol–water partition coefficient (Wildman–Crippen LogP) is 3.97. The van der Waals surface area contributed by atoms with Crippen molar-refractivity contribution in [2.45, 2.75) is 6.54 Å². The summed E-state index contributed by atoms with van der Waals surface area (Å²) in [5.41, 5.74) is 4.16. The molecule has 0 saturated carbocycles. The molecular formula is C23H17BrN4O2. The van der Waals surface area contributed by atoms with Gasteiger partial charge in [0.1, 0.15) is 0 Å². The van der Waals surface area contributed by atoms with E-state index in [1.807, 2.05) is 54.6 Å². The largest absolute Gasteiger partial charge is 0.292 e. The molecule has 0 unspecified atom stereocenters. The molecule has 0 radical (unpaired) electrons. The third-order valence-electron chi connectivity index (χ3n) is 4.51. The number of carbonyl (C=O) groups is 1. The van der Waals surface area contributed by atoms with Crippen LogP contribution in [-0.4, -0.2) is 21.9 Å². The number of hydrazone groups is 1. The lowest BCUT2D eigenvalue weighted by molar-refractivity contribution is 0.0949. The average molecular weight is 461 g/mol. The lowest BCUT2D eigenvalue weighted by atomic mass is 10.1. The van der Waals surface area contributed by atoms with Crippen LogP contribution in [0.15, 0.2) is 93.2 Å². The van der Waals surface area contributed by atoms with Crippen LogP contribution in [0.1, 0.15) is 21.6 Å². The molecule has 0 spiro atoms. The van der Waals surface area contributed by atoms with Gasteiger partial charge in [-0.25, -0.2) is 10.1 Å². The summed E-state index contributed by atoms with van der Waals surface area (Å²) in [5, 5.41) is 9.29. The molecular weight excluding hydrogens is 444 g/mol. The van der Waals surface area contributed by atoms with E-state index in [-0.39, 0.29) is 17.8 Å². The third kappa shape index (κ3) is 4.36. The van der Waals surface area contributed by atoms with Gasteiger partial charge in [0.2, 0.25) is 0 Å². The quantitative estimate of drug-likeness (QED) is 0.361. The van der Waals surface area contributed by atoms with E-state index in [2.05, 4.69) is 31.6 Å². The molecule has 0 aliphatic heterocycles. The fourth-order valence-electron chi connectivity index (χ4n) is 3.03. The molecule has 1 N–H and O–H groups in total. The van der Waals surface area contributed by atoms with Crippen LogP contribution in [0, 0.1) is 0 Å². The van der Waals surface area contributed by atoms with Crippen molar-refractivity contribution in [2.75, 3.05) is 0 Å². The van der Waals surface area contributed by atoms with Gasteiger partial charge in [-0.1, -0.05) is 76.6 Å². The first-order valence-corrected chi connectivity index (χ1v) is 10.0. The standard InChI is InChI=1S/C23H17BrN4O2/c24-18-12-10-16(11-13-18)14-25-26-22(29)21-19-8-4-5-9-20(19)23(30)28(27-21)15-17-6-2-1-3-7-17/h1-14H,15H2,(H,26,29)/b25-14+. The Morgan fingerprint density at radius 3 is 2.37 bits per heavy atom. The Balaban J connectivity index is 1.66. The second kappa shape index (κ2) is 8.84. The van der Waals surface area contributed by atoms with Crippen molar-refractivity contribution in [3.8, 4) is 0 Å². The van der Waals surface area contributed by atoms with Crippen LogP contribution in [0.5, 0.6) is 0 Å². The zero-order valence-electron chi connectivity index (χ0n) is 15.8. The molecule has 0 aliphatic carbocycles. The van der Waals surface area contributed by atoms with Crippen LogP contribution in [0.25, 0.3) is 10.8 Å². The molecule has 7 heteroatoms. The lowest BCUT2D eigenvalue weighted by Gasteiger charge is -2.10. The lowest BCUT2D eigenvalue weighted by Crippen LogP contribution is -2.29. The molecule has 1 aromatic heterocycles. The number of aromatic nitrogens is 2. The third-order valence-corrected chi connectivity index (χ3v) is 5.04. The fraction of sp³-hybridized carbons (Fsp3) is 0.0435. The highest BCUT2D eigenvalue weighted by molar-refractivity contribution is 9.10. The topological polar surface area (TPSA) is 76.3 Å². The van der Waals surface area contributed by atoms with E-state index < -0.39 is 5.91 Å². The number of amides is 1. The second-order valence-corrected chi connectivity index (χ2v) is 7.51. The van der Waals surface area contributed by atoms with Gasteiger partial charge < -0.3 is 0 Å². The Morgan fingerprint density at radius 1 is 0.967 bits per heavy atom. The molecule has 0 fully saturated rings. The summed E-state index contributed by atoms with van der Waals surface area (Å²) in [5.74, 6) is -0.485. The first-order valence-electron chi connectivity index (χ1n) is 9.24. The van der Waals surface area contributed by atoms with Crippen molar-refractivity contribution in [2.24, 2.45) is 5.10 Å². The number of nitrogens with zero attached hydrogens (tertiary/aromatic N) is 3. The molecule has 0 aliphatic rings. The van der Waals surface area contributed by atoms with Crippen LogP contribution >= 0.6 is 15.9 Å². The zero-order valence-corrected chi connectivity index (χ0v) is 17.4. The van der Waals surface area contributed by atoms with Crippen LogP contribution < -0.4 is 11.0 Å². The Labute approximate surface area is 181 Å². The Kier molecular flexibility index (Phi) is 5.81. The number of hydrogen-bond acceptors (Lipinski definition) is 4. The van der Waals surface area contributed by atoms with Crippen LogP contribution in [0.3, 0.4) is 0 Å². The first-order chi connectivity index (χ1) is 14.6. The summed E-state index contributed by atoms with van der Waals surface area (Å²) in [7, 11) is 0. The number of halogens is 1. The maximum absolute atomic E-state index is 12.9. The molecule has 1 heterocycles. The van der Waals surface area contributed by atoms with Gasteiger partial charge in [-0.2, -0.15) is 10.2 Å². The van der Waals surface area contributed by atoms with Crippen molar-refractivity contribution in [1.82, 2.24) is 15.2 Å². The summed E-state index contributed by atoms with van der Waals surface area (Å²) in [6, 6.07) is 24.0. The molecule has 3 aromatic carbocycles. The maximum atomic E-state index is 12.9. The van der Waals surface area contributed by atoms with E-state index in [0.29, 0.717) is 10.8 Å². The van der Waals surface area contributed by atoms with Crippen molar-refractivity contribution in [3.63, 3.8) is 0 Å². The minimum Gasteiger partial charge on any atom is -0.267 e. The van der Waals surface area contributed by atoms with Crippen molar-refractivity contribution in [1.29, 1.82) is 0 Å². The number of rotatable bonds is 5. The average Bonchev–Trinajstić information content (AvgIpc) is 2.78. The van der Waals surface area contributed by atoms with Gasteiger partial charge in [0.05, 0.1) is 18.1 Å². The second-order valence-electron chi connectivity index (χ2n) is 6.59. The van der Waals surface area contributed by atoms with Gasteiger partial charge in [-0.15, -0.1) is 0 Å². The Bertz CT molecular complexity index is 1280. The minimum absolute atomic E-state index is 0.147. The van der Waals surface area contributed by atoms with Gasteiger partial charge in [-0.3, -0.25) is 9.59 Å². The van der Waals surface area contributed by atoms with Crippen molar-refractivity contribution in [3.05, 3.63) is 111 Å². The SMILES string of the molecule is O=C(N/N=C/c1ccc(Br)cc1)c1nn(Cc2ccccc2)c(=O)c2ccccc12. The van der Waals surface area contributed by atoms with Crippen LogP contribution in [0.4, 0.5) is 0 Å². The number of nitrogens with one attached hydrogen (secondary N) is 1. The van der Waals surface area contributed by atoms with Crippen LogP contribution in [0.2, 0.25) is 0 Å². The monoisotopic (exact) mass is 460 g/mol. The number of hydrogen-bond donors (Lipinski definition) is 1. The molecule has 4 aromatic rings. The van der Waals surface area contributed by atoms with E-state index in [9.17, 15) is 9.59 Å². The zero-order chi connectivity index (χ0) is 20.9. The summed E-state index contributed by atoms with van der Waals surface area (Å²) in [4.78, 5) is 25.7. The predicted molar refractivity (Wildman–Crippen MR) is 121 cm³/mol. The smallest absolute Gasteiger partial charge is 0.267 e. The number of carbonyl (C=O) groups excluding carboxylic acids is 1. The maximum Gasteiger partial charge on any atom is 0.292 e. The van der Waals surface area contributed by atoms with Gasteiger partial charge >= 0.3 is 0 Å². The van der Waals surface area contributed by atoms with Crippen molar-refractivity contribution < 1.29 is 4.79 Å². The van der Waals surface area contributed by atoms with Gasteiger partial charge in [0, 0.05) is 9.86 Å².